The van der Waals surface area contributed by atoms with Crippen LogP contribution in [0.25, 0.3) is 0 Å². The smallest absolute Gasteiger partial charge is 0.0144 e. The van der Waals surface area contributed by atoms with Crippen molar-refractivity contribution in [3.05, 3.63) is 121 Å². The molecule has 4 aromatic carbocycles. The number of benzene rings is 4. The van der Waals surface area contributed by atoms with Crippen molar-refractivity contribution in [1.82, 2.24) is 0 Å². The van der Waals surface area contributed by atoms with Gasteiger partial charge < -0.3 is 0 Å². The minimum absolute atomic E-state index is 0.0190. The van der Waals surface area contributed by atoms with Crippen molar-refractivity contribution >= 4 is 56.9 Å². The largest absolute Gasteiger partial charge is 0.0876 e. The molecule has 0 aromatic heterocycles. The topological polar surface area (TPSA) is 0 Å². The van der Waals surface area contributed by atoms with E-state index in [-0.39, 0.29) is 11.1 Å². The molecule has 0 heterocycles. The molecule has 0 amide bonds. The average molecular weight is 519 g/mol. The molecule has 0 fully saturated rings. The lowest BCUT2D eigenvalue weighted by molar-refractivity contribution is 0.410. The van der Waals surface area contributed by atoms with Crippen LogP contribution in [0.4, 0.5) is 0 Å². The van der Waals surface area contributed by atoms with Gasteiger partial charge in [-0.05, 0) is 32.8 Å². The van der Waals surface area contributed by atoms with Gasteiger partial charge in [-0.3, -0.25) is 0 Å². The molecule has 34 heavy (non-hydrogen) atoms. The normalized spacial score (nSPS) is 13.4. The van der Waals surface area contributed by atoms with Crippen molar-refractivity contribution in [3.8, 4) is 0 Å². The monoisotopic (exact) mass is 518 g/mol. The molecule has 0 unspecified atom stereocenters. The van der Waals surface area contributed by atoms with Gasteiger partial charge in [0, 0.05) is 17.7 Å². The molecule has 0 nitrogen and oxygen atoms in total. The number of rotatable bonds is 7. The van der Waals surface area contributed by atoms with Crippen LogP contribution in [0.3, 0.4) is 0 Å². The molecule has 0 saturated carbocycles. The maximum Gasteiger partial charge on any atom is 0.0144 e. The molecule has 1 atom stereocenters. The molecule has 0 aliphatic heterocycles. The van der Waals surface area contributed by atoms with Crippen molar-refractivity contribution in [1.29, 1.82) is 0 Å². The Balaban J connectivity index is 1.97. The first-order valence-corrected chi connectivity index (χ1v) is 17.5. The molecule has 0 radical (unpaired) electrons. The van der Waals surface area contributed by atoms with Crippen LogP contribution in [0.1, 0.15) is 20.8 Å². The van der Waals surface area contributed by atoms with Crippen molar-refractivity contribution in [2.75, 3.05) is 6.16 Å². The van der Waals surface area contributed by atoms with E-state index in [1.165, 1.54) is 21.2 Å². The Labute approximate surface area is 215 Å². The van der Waals surface area contributed by atoms with Crippen molar-refractivity contribution in [3.63, 3.8) is 0 Å². The van der Waals surface area contributed by atoms with Gasteiger partial charge in [0.15, 0.2) is 0 Å². The lowest BCUT2D eigenvalue weighted by Crippen LogP contribution is -2.39. The highest BCUT2D eigenvalue weighted by atomic mass is 32.4. The fourth-order valence-corrected chi connectivity index (χ4v) is 16.5. The molecular weight excluding hydrogens is 486 g/mol. The zero-order valence-corrected chi connectivity index (χ0v) is 23.5. The van der Waals surface area contributed by atoms with E-state index in [0.29, 0.717) is 0 Å². The first-order valence-electron chi connectivity index (χ1n) is 11.7. The average Bonchev–Trinajstić information content (AvgIpc) is 2.88. The Bertz CT molecular complexity index is 1210. The van der Waals surface area contributed by atoms with E-state index in [0.717, 1.165) is 6.16 Å². The number of hydrogen-bond acceptors (Lipinski definition) is 2. The van der Waals surface area contributed by atoms with Crippen LogP contribution in [0, 0.1) is 5.41 Å². The van der Waals surface area contributed by atoms with Gasteiger partial charge in [-0.2, -0.15) is 0 Å². The third-order valence-corrected chi connectivity index (χ3v) is 17.6. The van der Waals surface area contributed by atoms with Gasteiger partial charge in [0.05, 0.1) is 0 Å². The zero-order valence-electron chi connectivity index (χ0n) is 20.0. The van der Waals surface area contributed by atoms with Gasteiger partial charge in [0.25, 0.3) is 0 Å². The Morgan fingerprint density at radius 3 is 1.12 bits per heavy atom. The maximum atomic E-state index is 6.85. The molecule has 0 spiro atoms. The standard InChI is InChI=1S/C30H32P2S2/c1-30(2,3)29(32(34,27-20-12-6-13-21-27)28-22-14-7-15-23-28)24-31(33,25-16-8-4-9-17-25)26-18-10-5-11-19-26/h4-23,29H,24H2,1-3H3/t29-/m0/s1. The highest BCUT2D eigenvalue weighted by Crippen LogP contribution is 2.60. The van der Waals surface area contributed by atoms with E-state index < -0.39 is 12.1 Å². The van der Waals surface area contributed by atoms with Crippen molar-refractivity contribution in [2.45, 2.75) is 26.4 Å². The van der Waals surface area contributed by atoms with Crippen molar-refractivity contribution in [2.24, 2.45) is 5.41 Å². The Morgan fingerprint density at radius 2 is 0.824 bits per heavy atom. The predicted octanol–water partition coefficient (Wildman–Crippen LogP) is 6.66. The molecule has 0 saturated heterocycles. The minimum Gasteiger partial charge on any atom is -0.0876 e. The second-order valence-corrected chi connectivity index (χ2v) is 19.3. The zero-order chi connectivity index (χ0) is 24.2. The molecule has 0 aliphatic carbocycles. The van der Waals surface area contributed by atoms with E-state index >= 15 is 0 Å². The van der Waals surface area contributed by atoms with E-state index in [2.05, 4.69) is 142 Å². The van der Waals surface area contributed by atoms with Crippen LogP contribution in [-0.2, 0) is 23.6 Å². The Morgan fingerprint density at radius 1 is 0.529 bits per heavy atom. The maximum absolute atomic E-state index is 6.85. The first-order chi connectivity index (χ1) is 16.3. The molecule has 4 rings (SSSR count). The second-order valence-electron chi connectivity index (χ2n) is 9.80. The summed E-state index contributed by atoms with van der Waals surface area (Å²) in [5.41, 5.74) is 0.223. The van der Waals surface area contributed by atoms with E-state index in [1.807, 2.05) is 0 Å². The third-order valence-electron chi connectivity index (χ3n) is 6.49. The fraction of sp³-hybridized carbons (Fsp3) is 0.200. The lowest BCUT2D eigenvalue weighted by atomic mass is 9.93. The lowest BCUT2D eigenvalue weighted by Gasteiger charge is -2.43. The molecule has 4 heteroatoms. The van der Waals surface area contributed by atoms with Crippen LogP contribution in [0.15, 0.2) is 121 Å². The Kier molecular flexibility index (Phi) is 7.75. The summed E-state index contributed by atoms with van der Waals surface area (Å²) in [4.78, 5) is 0. The Hall–Kier alpha value is -1.82. The van der Waals surface area contributed by atoms with Gasteiger partial charge in [0.2, 0.25) is 0 Å². The van der Waals surface area contributed by atoms with Gasteiger partial charge >= 0.3 is 0 Å². The van der Waals surface area contributed by atoms with Crippen LogP contribution < -0.4 is 21.2 Å². The predicted molar refractivity (Wildman–Crippen MR) is 161 cm³/mol. The molecule has 0 aliphatic rings. The number of hydrogen-bond donors (Lipinski definition) is 0. The highest BCUT2D eigenvalue weighted by Gasteiger charge is 2.43. The minimum atomic E-state index is -2.20. The van der Waals surface area contributed by atoms with Crippen LogP contribution in [0.5, 0.6) is 0 Å². The van der Waals surface area contributed by atoms with E-state index in [4.69, 9.17) is 23.6 Å². The summed E-state index contributed by atoms with van der Waals surface area (Å²) in [5, 5.41) is 5.10. The highest BCUT2D eigenvalue weighted by molar-refractivity contribution is 8.24. The van der Waals surface area contributed by atoms with Gasteiger partial charge in [-0.15, -0.1) is 0 Å². The van der Waals surface area contributed by atoms with E-state index in [1.54, 1.807) is 0 Å². The summed E-state index contributed by atoms with van der Waals surface area (Å²) >= 11 is 13.6. The quantitative estimate of drug-likeness (QED) is 0.251. The fourth-order valence-electron chi connectivity index (χ4n) is 4.68. The van der Waals surface area contributed by atoms with E-state index in [9.17, 15) is 0 Å². The molecule has 174 valence electrons. The van der Waals surface area contributed by atoms with Crippen LogP contribution >= 0.6 is 12.1 Å². The molecule has 4 aromatic rings. The summed E-state index contributed by atoms with van der Waals surface area (Å²) in [6.45, 7) is 7.04. The van der Waals surface area contributed by atoms with Crippen LogP contribution in [0.2, 0.25) is 0 Å². The van der Waals surface area contributed by atoms with Gasteiger partial charge in [-0.25, -0.2) is 0 Å². The van der Waals surface area contributed by atoms with Gasteiger partial charge in [0.1, 0.15) is 0 Å². The first kappa shape index (κ1) is 25.3. The summed E-state index contributed by atoms with van der Waals surface area (Å²) in [5.74, 6) is 0. The summed E-state index contributed by atoms with van der Waals surface area (Å²) in [6.07, 6.45) is 0.904. The second kappa shape index (κ2) is 10.4. The SMILES string of the molecule is CC(C)(C)[C@H](CP(=S)(c1ccccc1)c1ccccc1)P(=S)(c1ccccc1)c1ccccc1. The van der Waals surface area contributed by atoms with Crippen LogP contribution in [-0.4, -0.2) is 11.8 Å². The molecular formula is C30H32P2S2. The summed E-state index contributed by atoms with van der Waals surface area (Å²) in [6, 6.07) is 38.8. The molecule has 0 bridgehead atoms. The molecule has 0 N–H and O–H groups in total. The van der Waals surface area contributed by atoms with Crippen molar-refractivity contribution < 1.29 is 0 Å². The summed E-state index contributed by atoms with van der Waals surface area (Å²) in [7, 11) is 0. The third kappa shape index (κ3) is 5.07. The van der Waals surface area contributed by atoms with Gasteiger partial charge in [-0.1, -0.05) is 166 Å². The summed E-state index contributed by atoms with van der Waals surface area (Å²) < 4.78 is 0.